The van der Waals surface area contributed by atoms with E-state index in [-0.39, 0.29) is 0 Å². The number of hydrogen-bond acceptors (Lipinski definition) is 4. The molecule has 3 rings (SSSR count). The van der Waals surface area contributed by atoms with Crippen molar-refractivity contribution in [3.63, 3.8) is 0 Å². The molecule has 0 atom stereocenters. The summed E-state index contributed by atoms with van der Waals surface area (Å²) in [6.45, 7) is 6.00. The molecule has 0 spiro atoms. The Labute approximate surface area is 138 Å². The molecule has 0 amide bonds. The Kier molecular flexibility index (Phi) is 18.8. The molecule has 3 saturated heterocycles. The van der Waals surface area contributed by atoms with Crippen LogP contribution in [0.15, 0.2) is 0 Å². The van der Waals surface area contributed by atoms with Gasteiger partial charge < -0.3 is 19.1 Å². The molecule has 4 heteroatoms. The third kappa shape index (κ3) is 22.1. The highest BCUT2D eigenvalue weighted by Gasteiger charge is 1.96. The van der Waals surface area contributed by atoms with Crippen molar-refractivity contribution in [2.75, 3.05) is 60.8 Å². The van der Waals surface area contributed by atoms with E-state index in [0.29, 0.717) is 0 Å². The van der Waals surface area contributed by atoms with Gasteiger partial charge in [-0.15, -0.1) is 0 Å². The van der Waals surface area contributed by atoms with Crippen LogP contribution in [0.5, 0.6) is 0 Å². The van der Waals surface area contributed by atoms with Crippen molar-refractivity contribution in [1.82, 2.24) is 4.90 Å². The van der Waals surface area contributed by atoms with Crippen LogP contribution in [0.4, 0.5) is 0 Å². The normalized spacial score (nSPS) is 21.3. The lowest BCUT2D eigenvalue weighted by Gasteiger charge is -2.08. The van der Waals surface area contributed by atoms with E-state index in [0.717, 1.165) is 39.6 Å². The van der Waals surface area contributed by atoms with Crippen LogP contribution >= 0.6 is 0 Å². The zero-order valence-corrected chi connectivity index (χ0v) is 15.3. The van der Waals surface area contributed by atoms with E-state index in [1.165, 1.54) is 57.8 Å². The van der Waals surface area contributed by atoms with Gasteiger partial charge in [-0.3, -0.25) is 0 Å². The Bertz CT molecular complexity index is 123. The van der Waals surface area contributed by atoms with E-state index in [9.17, 15) is 0 Å². The largest absolute Gasteiger partial charge is 0.381 e. The minimum atomic E-state index is 1.00. The smallest absolute Gasteiger partial charge is 0.0466 e. The van der Waals surface area contributed by atoms with E-state index >= 15 is 0 Å². The zero-order valence-electron chi connectivity index (χ0n) is 15.3. The summed E-state index contributed by atoms with van der Waals surface area (Å²) in [5.74, 6) is 0. The second-order valence-electron chi connectivity index (χ2n) is 6.36. The SMILES string of the molecule is C1CCOCC1.C1CCOCC1.C1CCOCC1.CN(C)C. The fraction of sp³-hybridized carbons (Fsp3) is 1.00. The zero-order chi connectivity index (χ0) is 16.3. The van der Waals surface area contributed by atoms with Crippen LogP contribution in [0.3, 0.4) is 0 Å². The second kappa shape index (κ2) is 18.9. The van der Waals surface area contributed by atoms with Crippen LogP contribution in [0.25, 0.3) is 0 Å². The van der Waals surface area contributed by atoms with Crippen molar-refractivity contribution >= 4 is 0 Å². The maximum atomic E-state index is 5.07. The summed E-state index contributed by atoms with van der Waals surface area (Å²) in [5, 5.41) is 0. The Balaban J connectivity index is 0.000000271. The quantitative estimate of drug-likeness (QED) is 0.681. The van der Waals surface area contributed by atoms with E-state index in [1.807, 2.05) is 26.0 Å². The van der Waals surface area contributed by atoms with Crippen LogP contribution in [0.2, 0.25) is 0 Å². The van der Waals surface area contributed by atoms with Gasteiger partial charge in [-0.2, -0.15) is 0 Å². The topological polar surface area (TPSA) is 30.9 Å². The van der Waals surface area contributed by atoms with Crippen molar-refractivity contribution in [3.05, 3.63) is 0 Å². The predicted octanol–water partition coefficient (Wildman–Crippen LogP) is 3.74. The highest BCUT2D eigenvalue weighted by atomic mass is 16.5. The Morgan fingerprint density at radius 3 is 0.636 bits per heavy atom. The molecule has 3 aliphatic rings. The van der Waals surface area contributed by atoms with Crippen LogP contribution in [0, 0.1) is 0 Å². The minimum Gasteiger partial charge on any atom is -0.381 e. The molecule has 0 aromatic heterocycles. The molecule has 0 bridgehead atoms. The van der Waals surface area contributed by atoms with Gasteiger partial charge in [-0.25, -0.2) is 0 Å². The molecule has 0 saturated carbocycles. The summed E-state index contributed by atoms with van der Waals surface area (Å²) in [6, 6.07) is 0. The van der Waals surface area contributed by atoms with Crippen molar-refractivity contribution in [2.45, 2.75) is 57.8 Å². The van der Waals surface area contributed by atoms with Gasteiger partial charge in [0.05, 0.1) is 0 Å². The molecule has 22 heavy (non-hydrogen) atoms. The summed E-state index contributed by atoms with van der Waals surface area (Å²) >= 11 is 0. The van der Waals surface area contributed by atoms with Gasteiger partial charge >= 0.3 is 0 Å². The lowest BCUT2D eigenvalue weighted by atomic mass is 10.2. The maximum absolute atomic E-state index is 5.07. The summed E-state index contributed by atoms with van der Waals surface area (Å²) in [5.41, 5.74) is 0. The molecule has 3 aliphatic heterocycles. The van der Waals surface area contributed by atoms with Crippen LogP contribution in [-0.4, -0.2) is 65.7 Å². The van der Waals surface area contributed by atoms with Gasteiger partial charge in [0.25, 0.3) is 0 Å². The number of hydrogen-bond donors (Lipinski definition) is 0. The van der Waals surface area contributed by atoms with Gasteiger partial charge in [-0.1, -0.05) is 0 Å². The minimum absolute atomic E-state index is 1.00. The third-order valence-corrected chi connectivity index (χ3v) is 3.23. The highest BCUT2D eigenvalue weighted by Crippen LogP contribution is 2.03. The number of rotatable bonds is 0. The highest BCUT2D eigenvalue weighted by molar-refractivity contribution is 4.46. The van der Waals surface area contributed by atoms with Gasteiger partial charge in [0.15, 0.2) is 0 Å². The molecule has 0 unspecified atom stereocenters. The molecule has 0 radical (unpaired) electrons. The van der Waals surface area contributed by atoms with E-state index in [4.69, 9.17) is 14.2 Å². The van der Waals surface area contributed by atoms with Crippen molar-refractivity contribution < 1.29 is 14.2 Å². The van der Waals surface area contributed by atoms with Crippen LogP contribution in [-0.2, 0) is 14.2 Å². The fourth-order valence-corrected chi connectivity index (χ4v) is 2.06. The Morgan fingerprint density at radius 1 is 0.409 bits per heavy atom. The summed E-state index contributed by atoms with van der Waals surface area (Å²) in [7, 11) is 6.00. The lowest BCUT2D eigenvalue weighted by molar-refractivity contribution is 0.0967. The third-order valence-electron chi connectivity index (χ3n) is 3.23. The molecule has 0 aromatic rings. The molecule has 4 nitrogen and oxygen atoms in total. The standard InChI is InChI=1S/3C5H10O.C3H9N/c3*1-2-4-6-5-3-1;1-4(2)3/h3*1-5H2;1-3H3. The van der Waals surface area contributed by atoms with Crippen molar-refractivity contribution in [3.8, 4) is 0 Å². The Morgan fingerprint density at radius 2 is 0.591 bits per heavy atom. The molecular formula is C18H39NO3. The van der Waals surface area contributed by atoms with E-state index < -0.39 is 0 Å². The first-order chi connectivity index (χ1) is 10.7. The molecular weight excluding hydrogens is 278 g/mol. The Hall–Kier alpha value is -0.160. The second-order valence-corrected chi connectivity index (χ2v) is 6.36. The average molecular weight is 318 g/mol. The first-order valence-electron chi connectivity index (χ1n) is 9.07. The maximum Gasteiger partial charge on any atom is 0.0466 e. The van der Waals surface area contributed by atoms with E-state index in [2.05, 4.69) is 0 Å². The molecule has 3 fully saturated rings. The number of nitrogens with zero attached hydrogens (tertiary/aromatic N) is 1. The lowest BCUT2D eigenvalue weighted by Crippen LogP contribution is -2.03. The van der Waals surface area contributed by atoms with Gasteiger partial charge in [0.2, 0.25) is 0 Å². The van der Waals surface area contributed by atoms with Crippen molar-refractivity contribution in [1.29, 1.82) is 0 Å². The molecule has 3 heterocycles. The first kappa shape index (κ1) is 21.8. The van der Waals surface area contributed by atoms with Crippen LogP contribution < -0.4 is 0 Å². The van der Waals surface area contributed by atoms with E-state index in [1.54, 1.807) is 0 Å². The average Bonchev–Trinajstić information content (AvgIpc) is 2.60. The summed E-state index contributed by atoms with van der Waals surface area (Å²) < 4.78 is 15.2. The predicted molar refractivity (Wildman–Crippen MR) is 93.6 cm³/mol. The summed E-state index contributed by atoms with van der Waals surface area (Å²) in [6.07, 6.45) is 11.8. The van der Waals surface area contributed by atoms with Gasteiger partial charge in [-0.05, 0) is 78.9 Å². The fourth-order valence-electron chi connectivity index (χ4n) is 2.06. The molecule has 134 valence electrons. The molecule has 0 aliphatic carbocycles. The number of ether oxygens (including phenoxy) is 3. The van der Waals surface area contributed by atoms with Gasteiger partial charge in [0.1, 0.15) is 0 Å². The van der Waals surface area contributed by atoms with Crippen molar-refractivity contribution in [2.24, 2.45) is 0 Å². The summed E-state index contributed by atoms with van der Waals surface area (Å²) in [4.78, 5) is 2.00. The first-order valence-corrected chi connectivity index (χ1v) is 9.07. The van der Waals surface area contributed by atoms with Gasteiger partial charge in [0, 0.05) is 39.6 Å². The monoisotopic (exact) mass is 317 g/mol. The molecule has 0 N–H and O–H groups in total. The van der Waals surface area contributed by atoms with Crippen LogP contribution in [0.1, 0.15) is 57.8 Å². The molecule has 0 aromatic carbocycles.